The zero-order chi connectivity index (χ0) is 12.6. The minimum absolute atomic E-state index is 0.0966. The normalized spacial score (nSPS) is 10.8. The lowest BCUT2D eigenvalue weighted by Crippen LogP contribution is -2.14. The fourth-order valence-corrected chi connectivity index (χ4v) is 2.38. The predicted octanol–water partition coefficient (Wildman–Crippen LogP) is 2.31. The third kappa shape index (κ3) is 2.54. The Morgan fingerprint density at radius 3 is 2.82 bits per heavy atom. The van der Waals surface area contributed by atoms with E-state index < -0.39 is 5.91 Å². The van der Waals surface area contributed by atoms with E-state index in [0.29, 0.717) is 16.6 Å². The molecule has 0 aliphatic rings. The number of nitrogens with zero attached hydrogens (tertiary/aromatic N) is 1. The monoisotopic (exact) mass is 344 g/mol. The van der Waals surface area contributed by atoms with Gasteiger partial charge in [-0.2, -0.15) is 0 Å². The Kier molecular flexibility index (Phi) is 3.28. The van der Waals surface area contributed by atoms with Gasteiger partial charge in [-0.25, -0.2) is 4.39 Å². The number of aryl methyl sites for hydroxylation is 1. The molecule has 1 amide bonds. The van der Waals surface area contributed by atoms with Gasteiger partial charge in [0.15, 0.2) is 0 Å². The van der Waals surface area contributed by atoms with Crippen LogP contribution in [0.3, 0.4) is 0 Å². The van der Waals surface area contributed by atoms with Crippen molar-refractivity contribution in [1.82, 2.24) is 4.98 Å². The molecule has 2 aromatic rings. The Hall–Kier alpha value is -1.24. The van der Waals surface area contributed by atoms with Gasteiger partial charge < -0.3 is 5.73 Å². The molecule has 17 heavy (non-hydrogen) atoms. The van der Waals surface area contributed by atoms with E-state index >= 15 is 0 Å². The van der Waals surface area contributed by atoms with Gasteiger partial charge in [-0.05, 0) is 53.3 Å². The van der Waals surface area contributed by atoms with Crippen molar-refractivity contribution in [2.75, 3.05) is 0 Å². The summed E-state index contributed by atoms with van der Waals surface area (Å²) in [6.45, 7) is 1.77. The van der Waals surface area contributed by atoms with Gasteiger partial charge in [-0.15, -0.1) is 0 Å². The van der Waals surface area contributed by atoms with Crippen molar-refractivity contribution in [2.24, 2.45) is 5.73 Å². The van der Waals surface area contributed by atoms with Crippen molar-refractivity contribution in [3.05, 3.63) is 38.8 Å². The Labute approximate surface area is 111 Å². The van der Waals surface area contributed by atoms with Crippen molar-refractivity contribution >= 4 is 39.4 Å². The molecule has 1 heterocycles. The third-order valence-corrected chi connectivity index (χ3v) is 3.03. The molecule has 0 spiro atoms. The zero-order valence-corrected chi connectivity index (χ0v) is 11.3. The highest BCUT2D eigenvalue weighted by Crippen LogP contribution is 2.24. The van der Waals surface area contributed by atoms with Crippen LogP contribution in [0, 0.1) is 16.3 Å². The molecule has 1 aromatic heterocycles. The molecule has 3 nitrogen and oxygen atoms in total. The van der Waals surface area contributed by atoms with E-state index in [0.717, 1.165) is 9.13 Å². The third-order valence-electron chi connectivity index (χ3n) is 2.41. The van der Waals surface area contributed by atoms with Crippen molar-refractivity contribution in [3.8, 4) is 0 Å². The Balaban J connectivity index is 2.77. The largest absolute Gasteiger partial charge is 0.369 e. The van der Waals surface area contributed by atoms with Gasteiger partial charge in [-0.1, -0.05) is 0 Å². The van der Waals surface area contributed by atoms with Crippen LogP contribution in [0.2, 0.25) is 0 Å². The average Bonchev–Trinajstić information content (AvgIpc) is 2.19. The van der Waals surface area contributed by atoms with Gasteiger partial charge in [0.25, 0.3) is 0 Å². The molecule has 0 bridgehead atoms. The number of carbonyl (C=O) groups is 1. The summed E-state index contributed by atoms with van der Waals surface area (Å²) in [7, 11) is 0. The van der Waals surface area contributed by atoms with Crippen LogP contribution in [0.1, 0.15) is 11.3 Å². The second-order valence-electron chi connectivity index (χ2n) is 3.85. The summed E-state index contributed by atoms with van der Waals surface area (Å²) in [5.41, 5.74) is 6.87. The molecule has 0 radical (unpaired) electrons. The van der Waals surface area contributed by atoms with E-state index in [1.54, 1.807) is 13.0 Å². The first-order valence-electron chi connectivity index (χ1n) is 5.01. The van der Waals surface area contributed by atoms with Crippen molar-refractivity contribution in [3.63, 3.8) is 0 Å². The number of fused-ring (bicyclic) bond motifs is 1. The smallest absolute Gasteiger partial charge is 0.221 e. The number of amides is 1. The van der Waals surface area contributed by atoms with Gasteiger partial charge >= 0.3 is 0 Å². The van der Waals surface area contributed by atoms with Crippen LogP contribution in [0.25, 0.3) is 10.9 Å². The molecule has 0 fully saturated rings. The van der Waals surface area contributed by atoms with Crippen LogP contribution < -0.4 is 5.73 Å². The number of halogens is 2. The number of carbonyl (C=O) groups excluding carboxylic acids is 1. The van der Waals surface area contributed by atoms with E-state index in [1.807, 2.05) is 28.7 Å². The van der Waals surface area contributed by atoms with Crippen LogP contribution >= 0.6 is 22.6 Å². The Morgan fingerprint density at radius 2 is 2.18 bits per heavy atom. The second kappa shape index (κ2) is 4.56. The quantitative estimate of drug-likeness (QED) is 0.850. The molecule has 0 saturated carbocycles. The summed E-state index contributed by atoms with van der Waals surface area (Å²) in [5, 5.41) is 0.652. The van der Waals surface area contributed by atoms with E-state index in [1.165, 1.54) is 6.07 Å². The van der Waals surface area contributed by atoms with Crippen molar-refractivity contribution in [2.45, 2.75) is 13.3 Å². The Bertz CT molecular complexity index is 613. The maximum atomic E-state index is 13.8. The van der Waals surface area contributed by atoms with Gasteiger partial charge in [0.1, 0.15) is 11.3 Å². The van der Waals surface area contributed by atoms with Gasteiger partial charge in [-0.3, -0.25) is 9.78 Å². The molecular weight excluding hydrogens is 334 g/mol. The minimum atomic E-state index is -0.434. The number of primary amides is 1. The number of nitrogens with two attached hydrogens (primary N) is 1. The molecule has 88 valence electrons. The highest BCUT2D eigenvalue weighted by molar-refractivity contribution is 14.1. The number of pyridine rings is 1. The van der Waals surface area contributed by atoms with Crippen LogP contribution in [0.4, 0.5) is 4.39 Å². The van der Waals surface area contributed by atoms with E-state index in [2.05, 4.69) is 4.98 Å². The standard InChI is InChI=1S/C12H10FIN2O/c1-6-2-7(3-11(15)17)9-4-8(14)5-10(13)12(9)16-6/h2,4-5H,3H2,1H3,(H2,15,17). The second-order valence-corrected chi connectivity index (χ2v) is 5.10. The first-order valence-corrected chi connectivity index (χ1v) is 6.09. The lowest BCUT2D eigenvalue weighted by molar-refractivity contribution is -0.117. The maximum absolute atomic E-state index is 13.8. The summed E-state index contributed by atoms with van der Waals surface area (Å²) >= 11 is 2.03. The first kappa shape index (κ1) is 12.2. The number of aromatic nitrogens is 1. The van der Waals surface area contributed by atoms with Gasteiger partial charge in [0.2, 0.25) is 5.91 Å². The molecule has 1 aromatic carbocycles. The fraction of sp³-hybridized carbons (Fsp3) is 0.167. The number of benzene rings is 1. The van der Waals surface area contributed by atoms with Gasteiger partial charge in [0, 0.05) is 14.7 Å². The van der Waals surface area contributed by atoms with Crippen LogP contribution in [0.15, 0.2) is 18.2 Å². The lowest BCUT2D eigenvalue weighted by atomic mass is 10.0. The van der Waals surface area contributed by atoms with Crippen LogP contribution in [-0.4, -0.2) is 10.9 Å². The first-order chi connectivity index (χ1) is 7.97. The fourth-order valence-electron chi connectivity index (χ4n) is 1.80. The SMILES string of the molecule is Cc1cc(CC(N)=O)c2cc(I)cc(F)c2n1. The topological polar surface area (TPSA) is 56.0 Å². The Morgan fingerprint density at radius 1 is 1.47 bits per heavy atom. The van der Waals surface area contributed by atoms with E-state index in [-0.39, 0.29) is 12.2 Å². The molecule has 0 atom stereocenters. The number of rotatable bonds is 2. The summed E-state index contributed by atoms with van der Waals surface area (Å²) in [4.78, 5) is 15.2. The maximum Gasteiger partial charge on any atom is 0.221 e. The van der Waals surface area contributed by atoms with Crippen molar-refractivity contribution < 1.29 is 9.18 Å². The summed E-state index contributed by atoms with van der Waals surface area (Å²) in [6, 6.07) is 5.00. The molecule has 2 rings (SSSR count). The highest BCUT2D eigenvalue weighted by atomic mass is 127. The van der Waals surface area contributed by atoms with Crippen LogP contribution in [-0.2, 0) is 11.2 Å². The lowest BCUT2D eigenvalue weighted by Gasteiger charge is -2.07. The molecule has 2 N–H and O–H groups in total. The predicted molar refractivity (Wildman–Crippen MR) is 72.1 cm³/mol. The molecular formula is C12H10FIN2O. The molecule has 5 heteroatoms. The summed E-state index contributed by atoms with van der Waals surface area (Å²) < 4.78 is 14.5. The van der Waals surface area contributed by atoms with E-state index in [9.17, 15) is 9.18 Å². The number of hydrogen-bond acceptors (Lipinski definition) is 2. The zero-order valence-electron chi connectivity index (χ0n) is 9.13. The highest BCUT2D eigenvalue weighted by Gasteiger charge is 2.11. The molecule has 0 saturated heterocycles. The van der Waals surface area contributed by atoms with E-state index in [4.69, 9.17) is 5.73 Å². The van der Waals surface area contributed by atoms with Gasteiger partial charge in [0.05, 0.1) is 6.42 Å². The average molecular weight is 344 g/mol. The van der Waals surface area contributed by atoms with Crippen molar-refractivity contribution in [1.29, 1.82) is 0 Å². The molecule has 0 aliphatic heterocycles. The molecule has 0 unspecified atom stereocenters. The summed E-state index contributed by atoms with van der Waals surface area (Å²) in [6.07, 6.45) is 0.0966. The summed E-state index contributed by atoms with van der Waals surface area (Å²) in [5.74, 6) is -0.808. The van der Waals surface area contributed by atoms with Crippen LogP contribution in [0.5, 0.6) is 0 Å². The number of hydrogen-bond donors (Lipinski definition) is 1. The molecule has 0 aliphatic carbocycles. The minimum Gasteiger partial charge on any atom is -0.369 e.